The first kappa shape index (κ1) is 8.29. The highest BCUT2D eigenvalue weighted by molar-refractivity contribution is 5.33. The van der Waals surface area contributed by atoms with Gasteiger partial charge in [0, 0.05) is 17.8 Å². The van der Waals surface area contributed by atoms with Crippen molar-refractivity contribution in [1.29, 1.82) is 0 Å². The number of aryl methyl sites for hydroxylation is 1. The zero-order valence-electron chi connectivity index (χ0n) is 7.87. The molecule has 0 aromatic carbocycles. The minimum absolute atomic E-state index is 0.575. The van der Waals surface area contributed by atoms with Gasteiger partial charge in [-0.2, -0.15) is 4.98 Å². The third kappa shape index (κ3) is 2.08. The van der Waals surface area contributed by atoms with Crippen LogP contribution in [0.2, 0.25) is 0 Å². The maximum Gasteiger partial charge on any atom is 0.226 e. The van der Waals surface area contributed by atoms with Crippen LogP contribution in [0.25, 0.3) is 0 Å². The van der Waals surface area contributed by atoms with E-state index in [1.54, 1.807) is 7.11 Å². The smallest absolute Gasteiger partial charge is 0.226 e. The second kappa shape index (κ2) is 3.20. The van der Waals surface area contributed by atoms with Crippen molar-refractivity contribution in [3.8, 4) is 5.88 Å². The number of aromatic nitrogens is 2. The van der Waals surface area contributed by atoms with Gasteiger partial charge in [-0.25, -0.2) is 4.98 Å². The fourth-order valence-electron chi connectivity index (χ4n) is 1.12. The summed E-state index contributed by atoms with van der Waals surface area (Å²) in [5.41, 5.74) is 0.926. The minimum atomic E-state index is 0.575. The summed E-state index contributed by atoms with van der Waals surface area (Å²) >= 11 is 0. The lowest BCUT2D eigenvalue weighted by Crippen LogP contribution is -2.06. The molecule has 0 spiro atoms. The average molecular weight is 179 g/mol. The van der Waals surface area contributed by atoms with Gasteiger partial charge < -0.3 is 10.1 Å². The first-order valence-corrected chi connectivity index (χ1v) is 4.44. The van der Waals surface area contributed by atoms with Gasteiger partial charge in [-0.05, 0) is 19.8 Å². The highest BCUT2D eigenvalue weighted by Crippen LogP contribution is 2.23. The summed E-state index contributed by atoms with van der Waals surface area (Å²) in [5.74, 6) is 1.30. The molecule has 1 aliphatic rings. The Hall–Kier alpha value is -1.32. The largest absolute Gasteiger partial charge is 0.481 e. The van der Waals surface area contributed by atoms with Crippen molar-refractivity contribution in [2.75, 3.05) is 12.4 Å². The molecule has 1 heterocycles. The van der Waals surface area contributed by atoms with Gasteiger partial charge in [-0.15, -0.1) is 0 Å². The molecule has 1 aromatic rings. The van der Waals surface area contributed by atoms with E-state index in [1.165, 1.54) is 12.8 Å². The SMILES string of the molecule is COc1cc(C)nc(NC2CC2)n1. The van der Waals surface area contributed by atoms with Crippen LogP contribution in [0.4, 0.5) is 5.95 Å². The summed E-state index contributed by atoms with van der Waals surface area (Å²) in [5, 5.41) is 3.23. The average Bonchev–Trinajstić information content (AvgIpc) is 2.87. The van der Waals surface area contributed by atoms with Crippen LogP contribution in [0.1, 0.15) is 18.5 Å². The number of ether oxygens (including phenoxy) is 1. The molecule has 0 radical (unpaired) electrons. The maximum absolute atomic E-state index is 5.05. The molecule has 70 valence electrons. The van der Waals surface area contributed by atoms with E-state index in [9.17, 15) is 0 Å². The molecular weight excluding hydrogens is 166 g/mol. The van der Waals surface area contributed by atoms with Gasteiger partial charge in [-0.1, -0.05) is 0 Å². The molecule has 4 heteroatoms. The van der Waals surface area contributed by atoms with Crippen molar-refractivity contribution in [3.63, 3.8) is 0 Å². The summed E-state index contributed by atoms with van der Waals surface area (Å²) in [4.78, 5) is 8.45. The molecule has 13 heavy (non-hydrogen) atoms. The molecule has 1 N–H and O–H groups in total. The molecule has 0 atom stereocenters. The molecule has 0 saturated heterocycles. The number of hydrogen-bond donors (Lipinski definition) is 1. The van der Waals surface area contributed by atoms with Gasteiger partial charge in [-0.3, -0.25) is 0 Å². The van der Waals surface area contributed by atoms with E-state index in [4.69, 9.17) is 4.74 Å². The molecule has 0 unspecified atom stereocenters. The van der Waals surface area contributed by atoms with Crippen LogP contribution in [0.5, 0.6) is 5.88 Å². The van der Waals surface area contributed by atoms with Gasteiger partial charge in [0.15, 0.2) is 0 Å². The van der Waals surface area contributed by atoms with Crippen LogP contribution in [0.3, 0.4) is 0 Å². The summed E-state index contributed by atoms with van der Waals surface area (Å²) in [6.45, 7) is 1.93. The lowest BCUT2D eigenvalue weighted by molar-refractivity contribution is 0.397. The van der Waals surface area contributed by atoms with Crippen molar-refractivity contribution in [3.05, 3.63) is 11.8 Å². The number of nitrogens with zero attached hydrogens (tertiary/aromatic N) is 2. The second-order valence-corrected chi connectivity index (χ2v) is 3.29. The monoisotopic (exact) mass is 179 g/mol. The Morgan fingerprint density at radius 1 is 1.46 bits per heavy atom. The van der Waals surface area contributed by atoms with E-state index in [-0.39, 0.29) is 0 Å². The highest BCUT2D eigenvalue weighted by atomic mass is 16.5. The Morgan fingerprint density at radius 3 is 2.85 bits per heavy atom. The zero-order valence-corrected chi connectivity index (χ0v) is 7.87. The van der Waals surface area contributed by atoms with Gasteiger partial charge in [0.1, 0.15) is 0 Å². The standard InChI is InChI=1S/C9H13N3O/c1-6-5-8(13-2)12-9(10-6)11-7-3-4-7/h5,7H,3-4H2,1-2H3,(H,10,11,12). The summed E-state index contributed by atoms with van der Waals surface area (Å²) in [6, 6.07) is 2.39. The van der Waals surface area contributed by atoms with E-state index in [0.29, 0.717) is 17.9 Å². The minimum Gasteiger partial charge on any atom is -0.481 e. The third-order valence-electron chi connectivity index (χ3n) is 1.95. The van der Waals surface area contributed by atoms with Crippen LogP contribution in [-0.2, 0) is 0 Å². The Labute approximate surface area is 77.4 Å². The van der Waals surface area contributed by atoms with Crippen LogP contribution >= 0.6 is 0 Å². The molecule has 0 aliphatic heterocycles. The molecule has 1 aliphatic carbocycles. The van der Waals surface area contributed by atoms with Crippen molar-refractivity contribution in [2.24, 2.45) is 0 Å². The Balaban J connectivity index is 2.17. The predicted molar refractivity (Wildman–Crippen MR) is 50.0 cm³/mol. The first-order valence-electron chi connectivity index (χ1n) is 4.44. The Morgan fingerprint density at radius 2 is 2.23 bits per heavy atom. The molecular formula is C9H13N3O. The van der Waals surface area contributed by atoms with E-state index in [2.05, 4.69) is 15.3 Å². The van der Waals surface area contributed by atoms with Crippen molar-refractivity contribution < 1.29 is 4.74 Å². The zero-order chi connectivity index (χ0) is 9.26. The van der Waals surface area contributed by atoms with Gasteiger partial charge >= 0.3 is 0 Å². The molecule has 1 aromatic heterocycles. The van der Waals surface area contributed by atoms with Crippen molar-refractivity contribution in [2.45, 2.75) is 25.8 Å². The predicted octanol–water partition coefficient (Wildman–Crippen LogP) is 1.37. The third-order valence-corrected chi connectivity index (χ3v) is 1.95. The van der Waals surface area contributed by atoms with Gasteiger partial charge in [0.25, 0.3) is 0 Å². The normalized spacial score (nSPS) is 15.5. The van der Waals surface area contributed by atoms with Crippen molar-refractivity contribution in [1.82, 2.24) is 9.97 Å². The number of methoxy groups -OCH3 is 1. The van der Waals surface area contributed by atoms with Gasteiger partial charge in [0.05, 0.1) is 7.11 Å². The Kier molecular flexibility index (Phi) is 2.04. The molecule has 0 bridgehead atoms. The first-order chi connectivity index (χ1) is 6.28. The highest BCUT2D eigenvalue weighted by Gasteiger charge is 2.22. The van der Waals surface area contributed by atoms with E-state index in [1.807, 2.05) is 13.0 Å². The molecule has 0 amide bonds. The number of rotatable bonds is 3. The topological polar surface area (TPSA) is 47.0 Å². The van der Waals surface area contributed by atoms with Crippen LogP contribution in [0, 0.1) is 6.92 Å². The fraction of sp³-hybridized carbons (Fsp3) is 0.556. The second-order valence-electron chi connectivity index (χ2n) is 3.29. The van der Waals surface area contributed by atoms with Crippen molar-refractivity contribution >= 4 is 5.95 Å². The summed E-state index contributed by atoms with van der Waals surface area (Å²) in [7, 11) is 1.61. The molecule has 1 saturated carbocycles. The summed E-state index contributed by atoms with van der Waals surface area (Å²) < 4.78 is 5.05. The lowest BCUT2D eigenvalue weighted by atomic mass is 10.4. The number of anilines is 1. The van der Waals surface area contributed by atoms with Crippen LogP contribution < -0.4 is 10.1 Å². The number of nitrogens with one attached hydrogen (secondary N) is 1. The molecule has 1 fully saturated rings. The quantitative estimate of drug-likeness (QED) is 0.761. The maximum atomic E-state index is 5.05. The molecule has 2 rings (SSSR count). The number of hydrogen-bond acceptors (Lipinski definition) is 4. The molecule has 4 nitrogen and oxygen atoms in total. The van der Waals surface area contributed by atoms with Crippen LogP contribution in [0.15, 0.2) is 6.07 Å². The van der Waals surface area contributed by atoms with Crippen LogP contribution in [-0.4, -0.2) is 23.1 Å². The van der Waals surface area contributed by atoms with E-state index in [0.717, 1.165) is 5.69 Å². The van der Waals surface area contributed by atoms with E-state index < -0.39 is 0 Å². The van der Waals surface area contributed by atoms with E-state index >= 15 is 0 Å². The van der Waals surface area contributed by atoms with Gasteiger partial charge in [0.2, 0.25) is 11.8 Å². The Bertz CT molecular complexity index is 310. The lowest BCUT2D eigenvalue weighted by Gasteiger charge is -2.05. The fourth-order valence-corrected chi connectivity index (χ4v) is 1.12. The summed E-state index contributed by atoms with van der Waals surface area (Å²) in [6.07, 6.45) is 2.44.